The fraction of sp³-hybridized carbons (Fsp3) is 0.231. The quantitative estimate of drug-likeness (QED) is 0.884. The molecule has 0 fully saturated rings. The van der Waals surface area contributed by atoms with Gasteiger partial charge in [0.2, 0.25) is 16.9 Å². The number of benzene rings is 1. The fourth-order valence-electron chi connectivity index (χ4n) is 1.78. The molecule has 8 heteroatoms. The Morgan fingerprint density at radius 3 is 2.62 bits per heavy atom. The summed E-state index contributed by atoms with van der Waals surface area (Å²) in [5.74, 6) is -0.459. The molecule has 1 heterocycles. The van der Waals surface area contributed by atoms with E-state index in [4.69, 9.17) is 11.6 Å². The molecular weight excluding hydrogens is 312 g/mol. The Hall–Kier alpha value is -1.99. The Kier molecular flexibility index (Phi) is 5.24. The summed E-state index contributed by atoms with van der Waals surface area (Å²) in [6.07, 6.45) is 0.0980. The zero-order valence-electron chi connectivity index (χ0n) is 11.2. The molecule has 0 aliphatic carbocycles. The number of hydrogen-bond donors (Lipinski definition) is 2. The largest absolute Gasteiger partial charge is 0.349 e. The molecule has 2 aromatic rings. The van der Waals surface area contributed by atoms with E-state index in [1.165, 1.54) is 23.8 Å². The highest BCUT2D eigenvalue weighted by atomic mass is 35.5. The van der Waals surface area contributed by atoms with Gasteiger partial charge >= 0.3 is 0 Å². The van der Waals surface area contributed by atoms with Gasteiger partial charge in [0.05, 0.1) is 12.5 Å². The van der Waals surface area contributed by atoms with E-state index >= 15 is 0 Å². The first kappa shape index (κ1) is 15.4. The van der Waals surface area contributed by atoms with Crippen LogP contribution in [0.25, 0.3) is 0 Å². The van der Waals surface area contributed by atoms with E-state index in [0.29, 0.717) is 10.2 Å². The lowest BCUT2D eigenvalue weighted by Gasteiger charge is -2.17. The number of hydrogen-bond acceptors (Lipinski definition) is 5. The second kappa shape index (κ2) is 7.14. The van der Waals surface area contributed by atoms with E-state index in [1.54, 1.807) is 24.3 Å². The van der Waals surface area contributed by atoms with Gasteiger partial charge in [-0.15, -0.1) is 10.2 Å². The molecule has 1 atom stereocenters. The third-order valence-corrected chi connectivity index (χ3v) is 3.50. The summed E-state index contributed by atoms with van der Waals surface area (Å²) in [6.45, 7) is 1.41. The Bertz CT molecular complexity index is 616. The van der Waals surface area contributed by atoms with E-state index in [1.807, 2.05) is 0 Å². The van der Waals surface area contributed by atoms with Crippen molar-refractivity contribution >= 4 is 39.9 Å². The molecule has 0 radical (unpaired) electrons. The zero-order valence-corrected chi connectivity index (χ0v) is 12.7. The minimum atomic E-state index is -0.423. The van der Waals surface area contributed by atoms with Crippen molar-refractivity contribution in [2.24, 2.45) is 0 Å². The van der Waals surface area contributed by atoms with Crippen molar-refractivity contribution in [2.75, 3.05) is 5.32 Å². The van der Waals surface area contributed by atoms with Crippen molar-refractivity contribution in [3.8, 4) is 0 Å². The van der Waals surface area contributed by atoms with Crippen molar-refractivity contribution in [1.29, 1.82) is 0 Å². The SMILES string of the molecule is CC(=O)NC(CC(=O)Nc1nncs1)c1ccc(Cl)cc1. The number of anilines is 1. The topological polar surface area (TPSA) is 84.0 Å². The number of nitrogens with zero attached hydrogens (tertiary/aromatic N) is 2. The zero-order chi connectivity index (χ0) is 15.2. The van der Waals surface area contributed by atoms with Gasteiger partial charge in [0.25, 0.3) is 0 Å². The normalized spacial score (nSPS) is 11.7. The van der Waals surface area contributed by atoms with E-state index in [0.717, 1.165) is 5.56 Å². The smallest absolute Gasteiger partial charge is 0.228 e. The van der Waals surface area contributed by atoms with Gasteiger partial charge in [-0.2, -0.15) is 0 Å². The lowest BCUT2D eigenvalue weighted by atomic mass is 10.0. The predicted octanol–water partition coefficient (Wildman–Crippen LogP) is 2.40. The predicted molar refractivity (Wildman–Crippen MR) is 81.2 cm³/mol. The second-order valence-electron chi connectivity index (χ2n) is 4.30. The van der Waals surface area contributed by atoms with Gasteiger partial charge in [-0.3, -0.25) is 9.59 Å². The van der Waals surface area contributed by atoms with E-state index < -0.39 is 6.04 Å². The maximum absolute atomic E-state index is 12.0. The van der Waals surface area contributed by atoms with Crippen LogP contribution in [-0.2, 0) is 9.59 Å². The third kappa shape index (κ3) is 4.80. The molecule has 0 aliphatic heterocycles. The molecule has 0 saturated heterocycles. The molecule has 2 rings (SSSR count). The molecule has 1 aromatic heterocycles. The van der Waals surface area contributed by atoms with Crippen LogP contribution in [0.5, 0.6) is 0 Å². The highest BCUT2D eigenvalue weighted by Gasteiger charge is 2.17. The van der Waals surface area contributed by atoms with Gasteiger partial charge in [-0.25, -0.2) is 0 Å². The van der Waals surface area contributed by atoms with Crippen LogP contribution in [0, 0.1) is 0 Å². The first-order valence-electron chi connectivity index (χ1n) is 6.13. The van der Waals surface area contributed by atoms with Crippen LogP contribution < -0.4 is 10.6 Å². The molecule has 0 saturated carbocycles. The summed E-state index contributed by atoms with van der Waals surface area (Å²) in [7, 11) is 0. The van der Waals surface area contributed by atoms with Crippen molar-refractivity contribution in [1.82, 2.24) is 15.5 Å². The lowest BCUT2D eigenvalue weighted by molar-refractivity contribution is -0.120. The summed E-state index contributed by atoms with van der Waals surface area (Å²) in [5, 5.41) is 13.8. The molecule has 1 aromatic carbocycles. The summed E-state index contributed by atoms with van der Waals surface area (Å²) in [6, 6.07) is 6.57. The number of rotatable bonds is 5. The van der Waals surface area contributed by atoms with Gasteiger partial charge in [0.1, 0.15) is 5.51 Å². The first-order valence-corrected chi connectivity index (χ1v) is 7.39. The number of halogens is 1. The minimum absolute atomic E-state index is 0.0980. The van der Waals surface area contributed by atoms with Crippen molar-refractivity contribution in [3.05, 3.63) is 40.4 Å². The van der Waals surface area contributed by atoms with Crippen LogP contribution in [0.1, 0.15) is 24.9 Å². The first-order chi connectivity index (χ1) is 10.0. The summed E-state index contributed by atoms with van der Waals surface area (Å²) in [4.78, 5) is 23.3. The molecule has 2 N–H and O–H groups in total. The molecule has 6 nitrogen and oxygen atoms in total. The summed E-state index contributed by atoms with van der Waals surface area (Å²) in [5.41, 5.74) is 2.34. The summed E-state index contributed by atoms with van der Waals surface area (Å²) >= 11 is 7.07. The molecule has 0 spiro atoms. The second-order valence-corrected chi connectivity index (χ2v) is 5.57. The average molecular weight is 325 g/mol. The van der Waals surface area contributed by atoms with Gasteiger partial charge < -0.3 is 10.6 Å². The molecule has 1 unspecified atom stereocenters. The standard InChI is InChI=1S/C13H13ClN4O2S/c1-8(19)16-11(9-2-4-10(14)5-3-9)6-12(20)17-13-18-15-7-21-13/h2-5,7,11H,6H2,1H3,(H,16,19)(H,17,18,20). The maximum Gasteiger partial charge on any atom is 0.228 e. The Morgan fingerprint density at radius 2 is 2.05 bits per heavy atom. The number of amides is 2. The van der Waals surface area contributed by atoms with Crippen LogP contribution in [0.2, 0.25) is 5.02 Å². The van der Waals surface area contributed by atoms with Crippen LogP contribution >= 0.6 is 22.9 Å². The maximum atomic E-state index is 12.0. The number of carbonyl (C=O) groups excluding carboxylic acids is 2. The monoisotopic (exact) mass is 324 g/mol. The molecule has 0 bridgehead atoms. The Morgan fingerprint density at radius 1 is 1.33 bits per heavy atom. The Labute approximate surface area is 130 Å². The van der Waals surface area contributed by atoms with Crippen molar-refractivity contribution < 1.29 is 9.59 Å². The van der Waals surface area contributed by atoms with E-state index in [9.17, 15) is 9.59 Å². The molecule has 0 aliphatic rings. The lowest BCUT2D eigenvalue weighted by Crippen LogP contribution is -2.29. The minimum Gasteiger partial charge on any atom is -0.349 e. The molecule has 2 amide bonds. The van der Waals surface area contributed by atoms with Gasteiger partial charge in [-0.05, 0) is 17.7 Å². The number of nitrogens with one attached hydrogen (secondary N) is 2. The van der Waals surface area contributed by atoms with Gasteiger partial charge in [0.15, 0.2) is 0 Å². The van der Waals surface area contributed by atoms with Crippen LogP contribution in [-0.4, -0.2) is 22.0 Å². The van der Waals surface area contributed by atoms with Crippen molar-refractivity contribution in [3.63, 3.8) is 0 Å². The number of aromatic nitrogens is 2. The highest BCUT2D eigenvalue weighted by Crippen LogP contribution is 2.20. The average Bonchev–Trinajstić information content (AvgIpc) is 2.91. The molecule has 110 valence electrons. The van der Waals surface area contributed by atoms with E-state index in [2.05, 4.69) is 20.8 Å². The third-order valence-electron chi connectivity index (χ3n) is 2.65. The van der Waals surface area contributed by atoms with Crippen LogP contribution in [0.3, 0.4) is 0 Å². The number of carbonyl (C=O) groups is 2. The van der Waals surface area contributed by atoms with Gasteiger partial charge in [0, 0.05) is 11.9 Å². The van der Waals surface area contributed by atoms with Crippen LogP contribution in [0.15, 0.2) is 29.8 Å². The van der Waals surface area contributed by atoms with E-state index in [-0.39, 0.29) is 18.2 Å². The fourth-order valence-corrected chi connectivity index (χ4v) is 2.36. The summed E-state index contributed by atoms with van der Waals surface area (Å²) < 4.78 is 0. The highest BCUT2D eigenvalue weighted by molar-refractivity contribution is 7.13. The van der Waals surface area contributed by atoms with Crippen LogP contribution in [0.4, 0.5) is 5.13 Å². The molecular formula is C13H13ClN4O2S. The molecule has 21 heavy (non-hydrogen) atoms. The van der Waals surface area contributed by atoms with Crippen molar-refractivity contribution in [2.45, 2.75) is 19.4 Å². The Balaban J connectivity index is 2.07. The van der Waals surface area contributed by atoms with Gasteiger partial charge in [-0.1, -0.05) is 35.1 Å².